The number of carbonyl (C=O) groups excluding carboxylic acids is 2. The van der Waals surface area contributed by atoms with Gasteiger partial charge in [-0.25, -0.2) is 0 Å². The Morgan fingerprint density at radius 1 is 0.714 bits per heavy atom. The number of azo groups is 1. The highest BCUT2D eigenvalue weighted by atomic mass is 16.6. The van der Waals surface area contributed by atoms with E-state index in [1.807, 2.05) is 74.5 Å². The molecule has 0 saturated heterocycles. The first-order valence-electron chi connectivity index (χ1n) is 9.44. The molecule has 0 aliphatic carbocycles. The fraction of sp³-hybridized carbons (Fsp3) is 0.364. The maximum absolute atomic E-state index is 11.3. The van der Waals surface area contributed by atoms with Crippen molar-refractivity contribution in [3.8, 4) is 0 Å². The summed E-state index contributed by atoms with van der Waals surface area (Å²) in [6.07, 6.45) is 2.31. The molecule has 2 atom stereocenters. The minimum atomic E-state index is -1.28. The molecule has 0 aromatic heterocycles. The molecular weight excluding hydrogens is 356 g/mol. The number of hydrogen-bond acceptors (Lipinski definition) is 6. The molecule has 28 heavy (non-hydrogen) atoms. The Morgan fingerprint density at radius 3 is 1.36 bits per heavy atom. The van der Waals surface area contributed by atoms with Crippen molar-refractivity contribution in [2.24, 2.45) is 10.2 Å². The maximum Gasteiger partial charge on any atom is 0.295 e. The lowest BCUT2D eigenvalue weighted by molar-refractivity contribution is -0.152. The van der Waals surface area contributed by atoms with E-state index in [2.05, 4.69) is 10.2 Å². The molecule has 0 bridgehead atoms. The zero-order chi connectivity index (χ0) is 20.3. The molecule has 148 valence electrons. The summed E-state index contributed by atoms with van der Waals surface area (Å²) < 4.78 is 10.9. The Balaban J connectivity index is 2.59. The van der Waals surface area contributed by atoms with E-state index in [0.717, 1.165) is 0 Å². The summed E-state index contributed by atoms with van der Waals surface area (Å²) in [6.45, 7) is 4.71. The Kier molecular flexibility index (Phi) is 7.87. The molecule has 0 aliphatic heterocycles. The van der Waals surface area contributed by atoms with Crippen molar-refractivity contribution >= 4 is 12.9 Å². The average Bonchev–Trinajstić information content (AvgIpc) is 2.74. The quantitative estimate of drug-likeness (QED) is 0.378. The van der Waals surface area contributed by atoms with Crippen LogP contribution in [-0.2, 0) is 30.5 Å². The minimum Gasteiger partial charge on any atom is -0.433 e. The summed E-state index contributed by atoms with van der Waals surface area (Å²) in [7, 11) is 0. The molecule has 6 nitrogen and oxygen atoms in total. The summed E-state index contributed by atoms with van der Waals surface area (Å²) in [4.78, 5) is 22.6. The number of hydrogen-bond donors (Lipinski definition) is 0. The molecule has 0 amide bonds. The van der Waals surface area contributed by atoms with Gasteiger partial charge in [-0.3, -0.25) is 9.59 Å². The zero-order valence-electron chi connectivity index (χ0n) is 16.3. The standard InChI is InChI=1S/C22H26N2O4/c1-3-15-21(27-17-25,19-11-7-5-8-12-19)23-24-22(16-4-2,28-18-26)20-13-9-6-10-14-20/h5-14,17-18H,3-4,15-16H2,1-2H3/b24-23+. The summed E-state index contributed by atoms with van der Waals surface area (Å²) in [5.41, 5.74) is -1.15. The number of ether oxygens (including phenoxy) is 2. The molecule has 0 N–H and O–H groups in total. The van der Waals surface area contributed by atoms with Crippen LogP contribution in [0.4, 0.5) is 0 Å². The lowest BCUT2D eigenvalue weighted by atomic mass is 9.97. The van der Waals surface area contributed by atoms with Crippen LogP contribution < -0.4 is 0 Å². The molecule has 0 fully saturated rings. The Hall–Kier alpha value is -3.02. The van der Waals surface area contributed by atoms with Gasteiger partial charge in [0.25, 0.3) is 12.9 Å². The second kappa shape index (κ2) is 10.3. The Labute approximate surface area is 165 Å². The van der Waals surface area contributed by atoms with Gasteiger partial charge in [0.15, 0.2) is 0 Å². The van der Waals surface area contributed by atoms with E-state index >= 15 is 0 Å². The van der Waals surface area contributed by atoms with Crippen molar-refractivity contribution in [1.82, 2.24) is 0 Å². The van der Waals surface area contributed by atoms with Crippen molar-refractivity contribution in [3.63, 3.8) is 0 Å². The van der Waals surface area contributed by atoms with Gasteiger partial charge >= 0.3 is 0 Å². The smallest absolute Gasteiger partial charge is 0.295 e. The van der Waals surface area contributed by atoms with Crippen molar-refractivity contribution in [2.75, 3.05) is 0 Å². The number of nitrogens with zero attached hydrogens (tertiary/aromatic N) is 2. The van der Waals surface area contributed by atoms with Crippen LogP contribution in [0.2, 0.25) is 0 Å². The van der Waals surface area contributed by atoms with E-state index in [1.54, 1.807) is 0 Å². The molecule has 0 radical (unpaired) electrons. The molecule has 2 aromatic rings. The van der Waals surface area contributed by atoms with E-state index in [4.69, 9.17) is 9.47 Å². The number of benzene rings is 2. The first kappa shape index (κ1) is 21.3. The monoisotopic (exact) mass is 382 g/mol. The number of rotatable bonds is 12. The van der Waals surface area contributed by atoms with Crippen LogP contribution in [0.25, 0.3) is 0 Å². The molecule has 0 spiro atoms. The van der Waals surface area contributed by atoms with E-state index in [0.29, 0.717) is 49.8 Å². The van der Waals surface area contributed by atoms with Gasteiger partial charge in [-0.2, -0.15) is 0 Å². The predicted octanol–water partition coefficient (Wildman–Crippen LogP) is 5.09. The van der Waals surface area contributed by atoms with E-state index < -0.39 is 11.4 Å². The third-order valence-corrected chi connectivity index (χ3v) is 4.49. The molecule has 0 heterocycles. The lowest BCUT2D eigenvalue weighted by Gasteiger charge is -2.31. The van der Waals surface area contributed by atoms with Gasteiger partial charge in [0.2, 0.25) is 11.4 Å². The first-order chi connectivity index (χ1) is 13.7. The van der Waals surface area contributed by atoms with Crippen molar-refractivity contribution in [2.45, 2.75) is 51.0 Å². The van der Waals surface area contributed by atoms with Gasteiger partial charge in [-0.15, -0.1) is 10.2 Å². The van der Waals surface area contributed by atoms with Gasteiger partial charge in [-0.1, -0.05) is 74.5 Å². The second-order valence-corrected chi connectivity index (χ2v) is 6.43. The van der Waals surface area contributed by atoms with E-state index in [-0.39, 0.29) is 0 Å². The summed E-state index contributed by atoms with van der Waals surface area (Å²) in [6, 6.07) is 18.5. The molecule has 0 saturated carbocycles. The SMILES string of the molecule is CCCC(/N=N/C(CCC)(OC=O)c1ccccc1)(OC=O)c1ccccc1. The van der Waals surface area contributed by atoms with Crippen LogP contribution in [0.15, 0.2) is 70.9 Å². The van der Waals surface area contributed by atoms with Crippen LogP contribution in [0.3, 0.4) is 0 Å². The van der Waals surface area contributed by atoms with Gasteiger partial charge in [0.1, 0.15) is 0 Å². The van der Waals surface area contributed by atoms with Gasteiger partial charge in [-0.05, 0) is 12.8 Å². The summed E-state index contributed by atoms with van der Waals surface area (Å²) in [5.74, 6) is 0. The first-order valence-corrected chi connectivity index (χ1v) is 9.44. The maximum atomic E-state index is 11.3. The minimum absolute atomic E-state index is 0.381. The topological polar surface area (TPSA) is 77.3 Å². The van der Waals surface area contributed by atoms with Crippen molar-refractivity contribution < 1.29 is 19.1 Å². The van der Waals surface area contributed by atoms with Crippen LogP contribution in [0, 0.1) is 0 Å². The largest absolute Gasteiger partial charge is 0.433 e. The van der Waals surface area contributed by atoms with Crippen molar-refractivity contribution in [1.29, 1.82) is 0 Å². The summed E-state index contributed by atoms with van der Waals surface area (Å²) in [5, 5.41) is 8.96. The third-order valence-electron chi connectivity index (χ3n) is 4.49. The van der Waals surface area contributed by atoms with Crippen LogP contribution in [-0.4, -0.2) is 12.9 Å². The van der Waals surface area contributed by atoms with Gasteiger partial charge in [0, 0.05) is 24.0 Å². The van der Waals surface area contributed by atoms with Gasteiger partial charge < -0.3 is 9.47 Å². The average molecular weight is 382 g/mol. The van der Waals surface area contributed by atoms with Crippen molar-refractivity contribution in [3.05, 3.63) is 71.8 Å². The highest BCUT2D eigenvalue weighted by molar-refractivity contribution is 5.41. The Bertz CT molecular complexity index is 701. The normalized spacial score (nSPS) is 15.4. The van der Waals surface area contributed by atoms with Crippen LogP contribution in [0.5, 0.6) is 0 Å². The molecule has 2 aromatic carbocycles. The lowest BCUT2D eigenvalue weighted by Crippen LogP contribution is -2.31. The molecule has 6 heteroatoms. The number of carbonyl (C=O) groups is 2. The highest BCUT2D eigenvalue weighted by Crippen LogP contribution is 2.38. The molecule has 0 aliphatic rings. The summed E-state index contributed by atoms with van der Waals surface area (Å²) >= 11 is 0. The van der Waals surface area contributed by atoms with Crippen LogP contribution >= 0.6 is 0 Å². The fourth-order valence-corrected chi connectivity index (χ4v) is 3.20. The van der Waals surface area contributed by atoms with E-state index in [1.165, 1.54) is 0 Å². The highest BCUT2D eigenvalue weighted by Gasteiger charge is 2.38. The van der Waals surface area contributed by atoms with Crippen LogP contribution in [0.1, 0.15) is 50.7 Å². The third kappa shape index (κ3) is 4.82. The molecule has 2 unspecified atom stereocenters. The zero-order valence-corrected chi connectivity index (χ0v) is 16.3. The predicted molar refractivity (Wildman–Crippen MR) is 105 cm³/mol. The van der Waals surface area contributed by atoms with Gasteiger partial charge in [0.05, 0.1) is 0 Å². The Morgan fingerprint density at radius 2 is 1.07 bits per heavy atom. The van der Waals surface area contributed by atoms with E-state index in [9.17, 15) is 9.59 Å². The second-order valence-electron chi connectivity index (χ2n) is 6.43. The fourth-order valence-electron chi connectivity index (χ4n) is 3.20. The molecule has 2 rings (SSSR count). The molecular formula is C22H26N2O4.